The van der Waals surface area contributed by atoms with Crippen molar-refractivity contribution >= 4 is 5.97 Å². The molecule has 6 rings (SSSR count). The molecule has 244 valence electrons. The standard InChI is InChI=1S/C38H46F4O3/c1-2-3-4-5-27-16-19-30(35(40)34(27)39)26-10-12-28(13-11-26)38(43)45-29-17-14-24(15-18-29)23-6-8-25(9-7-23)31-20-21-32(33-22-44-33)37(42)36(31)41/h2-3,16,19-21,23-26,28-29,33H,4-15,17-18,22H2,1H3/b3-2+. The summed E-state index contributed by atoms with van der Waals surface area (Å²) in [4.78, 5) is 13.0. The first-order valence-corrected chi connectivity index (χ1v) is 17.2. The third kappa shape index (κ3) is 7.34. The van der Waals surface area contributed by atoms with E-state index in [4.69, 9.17) is 9.47 Å². The van der Waals surface area contributed by atoms with Gasteiger partial charge in [-0.1, -0.05) is 36.4 Å². The Balaban J connectivity index is 0.924. The van der Waals surface area contributed by atoms with Crippen molar-refractivity contribution < 1.29 is 31.8 Å². The largest absolute Gasteiger partial charge is 0.462 e. The Morgan fingerprint density at radius 2 is 1.24 bits per heavy atom. The van der Waals surface area contributed by atoms with Gasteiger partial charge in [0.2, 0.25) is 0 Å². The van der Waals surface area contributed by atoms with Crippen molar-refractivity contribution in [3.05, 3.63) is 81.9 Å². The highest BCUT2D eigenvalue weighted by molar-refractivity contribution is 5.72. The Morgan fingerprint density at radius 3 is 1.84 bits per heavy atom. The number of aryl methyl sites for hydroxylation is 1. The van der Waals surface area contributed by atoms with E-state index in [1.54, 1.807) is 24.3 Å². The minimum absolute atomic E-state index is 0.0559. The molecule has 1 heterocycles. The second kappa shape index (κ2) is 14.4. The normalized spacial score (nSPS) is 30.4. The number of benzene rings is 2. The summed E-state index contributed by atoms with van der Waals surface area (Å²) in [6.45, 7) is 2.37. The molecule has 3 saturated carbocycles. The average Bonchev–Trinajstić information content (AvgIpc) is 3.91. The smallest absolute Gasteiger partial charge is 0.309 e. The van der Waals surface area contributed by atoms with Crippen molar-refractivity contribution in [3.8, 4) is 0 Å². The van der Waals surface area contributed by atoms with Gasteiger partial charge in [0.1, 0.15) is 12.2 Å². The van der Waals surface area contributed by atoms with E-state index in [-0.39, 0.29) is 35.9 Å². The van der Waals surface area contributed by atoms with Crippen LogP contribution in [0.15, 0.2) is 36.4 Å². The Hall–Kier alpha value is -2.67. The van der Waals surface area contributed by atoms with Crippen molar-refractivity contribution in [1.82, 2.24) is 0 Å². The predicted molar refractivity (Wildman–Crippen MR) is 166 cm³/mol. The first-order chi connectivity index (χ1) is 21.8. The second-order valence-corrected chi connectivity index (χ2v) is 13.9. The van der Waals surface area contributed by atoms with Crippen LogP contribution in [0, 0.1) is 41.0 Å². The number of allylic oxidation sites excluding steroid dienone is 2. The van der Waals surface area contributed by atoms with E-state index in [2.05, 4.69) is 0 Å². The maximum absolute atomic E-state index is 14.9. The molecule has 1 unspecified atom stereocenters. The lowest BCUT2D eigenvalue weighted by Gasteiger charge is -2.38. The van der Waals surface area contributed by atoms with Gasteiger partial charge in [-0.2, -0.15) is 0 Å². The molecule has 1 aliphatic heterocycles. The van der Waals surface area contributed by atoms with E-state index in [1.807, 2.05) is 19.1 Å². The summed E-state index contributed by atoms with van der Waals surface area (Å²) in [5.41, 5.74) is 1.68. The summed E-state index contributed by atoms with van der Waals surface area (Å²) in [6, 6.07) is 6.90. The van der Waals surface area contributed by atoms with Gasteiger partial charge in [-0.3, -0.25) is 4.79 Å². The quantitative estimate of drug-likeness (QED) is 0.120. The van der Waals surface area contributed by atoms with E-state index < -0.39 is 23.3 Å². The zero-order valence-corrected chi connectivity index (χ0v) is 26.3. The molecule has 2 aromatic carbocycles. The summed E-state index contributed by atoms with van der Waals surface area (Å²) >= 11 is 0. The fraction of sp³-hybridized carbons (Fsp3) is 0.605. The second-order valence-electron chi connectivity index (χ2n) is 13.9. The lowest BCUT2D eigenvalue weighted by Crippen LogP contribution is -2.32. The first kappa shape index (κ1) is 32.3. The van der Waals surface area contributed by atoms with Crippen LogP contribution in [0.25, 0.3) is 0 Å². The number of epoxide rings is 1. The molecule has 3 aliphatic carbocycles. The van der Waals surface area contributed by atoms with Crippen molar-refractivity contribution in [1.29, 1.82) is 0 Å². The van der Waals surface area contributed by atoms with Crippen LogP contribution < -0.4 is 0 Å². The van der Waals surface area contributed by atoms with Crippen molar-refractivity contribution in [2.45, 2.75) is 121 Å². The summed E-state index contributed by atoms with van der Waals surface area (Å²) in [7, 11) is 0. The molecule has 0 aromatic heterocycles. The lowest BCUT2D eigenvalue weighted by atomic mass is 9.69. The van der Waals surface area contributed by atoms with Gasteiger partial charge in [0.25, 0.3) is 0 Å². The molecule has 45 heavy (non-hydrogen) atoms. The van der Waals surface area contributed by atoms with E-state index in [9.17, 15) is 22.4 Å². The number of halogens is 4. The van der Waals surface area contributed by atoms with Gasteiger partial charge >= 0.3 is 5.97 Å². The molecule has 2 aromatic rings. The van der Waals surface area contributed by atoms with E-state index in [0.717, 1.165) is 51.4 Å². The maximum Gasteiger partial charge on any atom is 0.309 e. The van der Waals surface area contributed by atoms with Gasteiger partial charge in [0.15, 0.2) is 23.3 Å². The van der Waals surface area contributed by atoms with Crippen molar-refractivity contribution in [3.63, 3.8) is 0 Å². The van der Waals surface area contributed by atoms with Gasteiger partial charge in [-0.05, 0) is 137 Å². The van der Waals surface area contributed by atoms with Crippen LogP contribution in [0.5, 0.6) is 0 Å². The number of hydrogen-bond donors (Lipinski definition) is 0. The minimum Gasteiger partial charge on any atom is -0.462 e. The highest BCUT2D eigenvalue weighted by Crippen LogP contribution is 2.45. The number of carbonyl (C=O) groups is 1. The Labute approximate surface area is 264 Å². The SMILES string of the molecule is C/C=C/CCc1ccc(C2CCC(C(=O)OC3CCC(C4CCC(c5ccc(C6CO6)c(F)c5F)CC4)CC3)CC2)c(F)c1F. The van der Waals surface area contributed by atoms with E-state index in [0.29, 0.717) is 79.2 Å². The maximum atomic E-state index is 14.9. The van der Waals surface area contributed by atoms with Gasteiger partial charge in [-0.15, -0.1) is 0 Å². The number of carbonyl (C=O) groups excluding carboxylic acids is 1. The third-order valence-electron chi connectivity index (χ3n) is 11.2. The molecule has 3 nitrogen and oxygen atoms in total. The Morgan fingerprint density at radius 1 is 0.733 bits per heavy atom. The van der Waals surface area contributed by atoms with Gasteiger partial charge in [0, 0.05) is 5.56 Å². The highest BCUT2D eigenvalue weighted by Gasteiger charge is 2.36. The molecule has 7 heteroatoms. The molecule has 1 atom stereocenters. The zero-order chi connectivity index (χ0) is 31.5. The molecule has 0 N–H and O–H groups in total. The Bertz CT molecular complexity index is 1360. The fourth-order valence-corrected chi connectivity index (χ4v) is 8.37. The van der Waals surface area contributed by atoms with Crippen LogP contribution in [0.2, 0.25) is 0 Å². The molecule has 0 amide bonds. The van der Waals surface area contributed by atoms with E-state index in [1.165, 1.54) is 0 Å². The summed E-state index contributed by atoms with van der Waals surface area (Å²) in [6.07, 6.45) is 14.8. The number of rotatable bonds is 9. The van der Waals surface area contributed by atoms with E-state index >= 15 is 0 Å². The Kier molecular flexibility index (Phi) is 10.3. The molecular formula is C38H46F4O3. The molecule has 0 spiro atoms. The summed E-state index contributed by atoms with van der Waals surface area (Å²) in [5.74, 6) is -2.10. The van der Waals surface area contributed by atoms with Crippen molar-refractivity contribution in [2.75, 3.05) is 6.61 Å². The average molecular weight is 627 g/mol. The van der Waals surface area contributed by atoms with Gasteiger partial charge in [-0.25, -0.2) is 17.6 Å². The monoisotopic (exact) mass is 626 g/mol. The number of ether oxygens (including phenoxy) is 2. The summed E-state index contributed by atoms with van der Waals surface area (Å²) in [5, 5.41) is 0. The van der Waals surface area contributed by atoms with Gasteiger partial charge < -0.3 is 9.47 Å². The highest BCUT2D eigenvalue weighted by atomic mass is 19.2. The minimum atomic E-state index is -0.747. The van der Waals surface area contributed by atoms with Crippen LogP contribution in [-0.4, -0.2) is 18.7 Å². The van der Waals surface area contributed by atoms with Crippen LogP contribution in [0.4, 0.5) is 17.6 Å². The lowest BCUT2D eigenvalue weighted by molar-refractivity contribution is -0.157. The van der Waals surface area contributed by atoms with Crippen LogP contribution in [-0.2, 0) is 20.7 Å². The molecule has 4 aliphatic rings. The predicted octanol–water partition coefficient (Wildman–Crippen LogP) is 10.2. The molecular weight excluding hydrogens is 580 g/mol. The third-order valence-corrected chi connectivity index (χ3v) is 11.2. The first-order valence-electron chi connectivity index (χ1n) is 17.2. The molecule has 4 fully saturated rings. The van der Waals surface area contributed by atoms with Crippen LogP contribution in [0.3, 0.4) is 0 Å². The zero-order valence-electron chi connectivity index (χ0n) is 26.3. The fourth-order valence-electron chi connectivity index (χ4n) is 8.37. The van der Waals surface area contributed by atoms with Crippen molar-refractivity contribution in [2.24, 2.45) is 17.8 Å². The molecule has 0 radical (unpaired) electrons. The topological polar surface area (TPSA) is 38.8 Å². The van der Waals surface area contributed by atoms with Crippen LogP contribution in [0.1, 0.15) is 131 Å². The number of hydrogen-bond acceptors (Lipinski definition) is 3. The van der Waals surface area contributed by atoms with Crippen LogP contribution >= 0.6 is 0 Å². The summed E-state index contributed by atoms with van der Waals surface area (Å²) < 4.78 is 70.2. The molecule has 0 bridgehead atoms. The van der Waals surface area contributed by atoms with Gasteiger partial charge in [0.05, 0.1) is 12.5 Å². The molecule has 1 saturated heterocycles. The number of esters is 1.